The summed E-state index contributed by atoms with van der Waals surface area (Å²) in [5.41, 5.74) is 0. The molecule has 0 saturated heterocycles. The van der Waals surface area contributed by atoms with Crippen molar-refractivity contribution in [2.75, 3.05) is 6.61 Å². The van der Waals surface area contributed by atoms with Crippen LogP contribution in [0.4, 0.5) is 0 Å². The summed E-state index contributed by atoms with van der Waals surface area (Å²) in [4.78, 5) is 11.4. The van der Waals surface area contributed by atoms with E-state index in [0.717, 1.165) is 10.8 Å². The Balaban J connectivity index is 2.47. The van der Waals surface area contributed by atoms with Gasteiger partial charge in [0.25, 0.3) is 0 Å². The van der Waals surface area contributed by atoms with Crippen LogP contribution in [0.15, 0.2) is 34.9 Å². The van der Waals surface area contributed by atoms with Gasteiger partial charge in [0.15, 0.2) is 0 Å². The second-order valence-electron chi connectivity index (χ2n) is 2.87. The number of esters is 1. The summed E-state index contributed by atoms with van der Waals surface area (Å²) >= 11 is 0. The number of hydrogen-bond acceptors (Lipinski definition) is 3. The molecule has 0 radical (unpaired) electrons. The van der Waals surface area contributed by atoms with Crippen LogP contribution in [0.5, 0.6) is 0 Å². The monoisotopic (exact) mass is 190 g/mol. The molecule has 1 heterocycles. The summed E-state index contributed by atoms with van der Waals surface area (Å²) in [5, 5.41) is 1.71. The minimum absolute atomic E-state index is 0.280. The van der Waals surface area contributed by atoms with Gasteiger partial charge < -0.3 is 9.15 Å². The summed E-state index contributed by atoms with van der Waals surface area (Å²) in [7, 11) is 0. The molecule has 0 N–H and O–H groups in total. The maximum Gasteiger partial charge on any atom is 0.374 e. The van der Waals surface area contributed by atoms with Crippen molar-refractivity contribution >= 4 is 16.7 Å². The zero-order valence-electron chi connectivity index (χ0n) is 7.82. The molecule has 2 aromatic rings. The van der Waals surface area contributed by atoms with E-state index in [9.17, 15) is 4.79 Å². The van der Waals surface area contributed by atoms with Gasteiger partial charge in [-0.3, -0.25) is 0 Å². The molecule has 3 heteroatoms. The van der Waals surface area contributed by atoms with Gasteiger partial charge in [-0.25, -0.2) is 4.79 Å². The molecular formula is C11H10O3. The van der Waals surface area contributed by atoms with Crippen LogP contribution in [0.1, 0.15) is 17.5 Å². The third-order valence-corrected chi connectivity index (χ3v) is 1.97. The van der Waals surface area contributed by atoms with Crippen LogP contribution in [0.2, 0.25) is 0 Å². The van der Waals surface area contributed by atoms with Crippen molar-refractivity contribution in [2.45, 2.75) is 6.92 Å². The molecule has 0 aliphatic heterocycles. The van der Waals surface area contributed by atoms with Crippen LogP contribution in [0.25, 0.3) is 10.8 Å². The highest BCUT2D eigenvalue weighted by atomic mass is 16.5. The molecule has 0 atom stereocenters. The molecule has 72 valence electrons. The molecule has 3 nitrogen and oxygen atoms in total. The fraction of sp³-hybridized carbons (Fsp3) is 0.182. The molecule has 0 unspecified atom stereocenters. The summed E-state index contributed by atoms with van der Waals surface area (Å²) in [5.74, 6) is -0.129. The van der Waals surface area contributed by atoms with Crippen molar-refractivity contribution in [3.8, 4) is 0 Å². The molecule has 1 aromatic heterocycles. The van der Waals surface area contributed by atoms with E-state index in [1.54, 1.807) is 13.2 Å². The fourth-order valence-electron chi connectivity index (χ4n) is 1.35. The van der Waals surface area contributed by atoms with Crippen LogP contribution < -0.4 is 0 Å². The third kappa shape index (κ3) is 1.37. The van der Waals surface area contributed by atoms with Gasteiger partial charge in [0.05, 0.1) is 12.9 Å². The van der Waals surface area contributed by atoms with E-state index in [1.165, 1.54) is 0 Å². The zero-order valence-corrected chi connectivity index (χ0v) is 7.82. The minimum atomic E-state index is -0.409. The van der Waals surface area contributed by atoms with E-state index in [0.29, 0.717) is 6.61 Å². The first-order valence-corrected chi connectivity index (χ1v) is 4.46. The molecular weight excluding hydrogens is 180 g/mol. The second-order valence-corrected chi connectivity index (χ2v) is 2.87. The van der Waals surface area contributed by atoms with Crippen molar-refractivity contribution in [2.24, 2.45) is 0 Å². The standard InChI is InChI=1S/C11H10O3/c1-2-13-11(12)10-9-6-4-3-5-8(9)7-14-10/h3-7H,2H2,1H3. The van der Waals surface area contributed by atoms with Gasteiger partial charge in [0, 0.05) is 10.8 Å². The molecule has 0 aliphatic rings. The first-order valence-electron chi connectivity index (χ1n) is 4.46. The van der Waals surface area contributed by atoms with Gasteiger partial charge >= 0.3 is 5.97 Å². The van der Waals surface area contributed by atoms with Gasteiger partial charge in [-0.05, 0) is 6.92 Å². The summed E-state index contributed by atoms with van der Waals surface area (Å²) in [6.07, 6.45) is 1.56. The van der Waals surface area contributed by atoms with E-state index < -0.39 is 5.97 Å². The molecule has 0 amide bonds. The van der Waals surface area contributed by atoms with E-state index in [2.05, 4.69) is 0 Å². The molecule has 0 spiro atoms. The molecule has 0 bridgehead atoms. The lowest BCUT2D eigenvalue weighted by Crippen LogP contribution is -2.03. The van der Waals surface area contributed by atoms with Crippen molar-refractivity contribution in [3.63, 3.8) is 0 Å². The number of rotatable bonds is 2. The molecule has 0 saturated carbocycles. The van der Waals surface area contributed by atoms with Crippen LogP contribution in [0, 0.1) is 0 Å². The number of benzene rings is 1. The van der Waals surface area contributed by atoms with Crippen molar-refractivity contribution < 1.29 is 13.9 Å². The van der Waals surface area contributed by atoms with Gasteiger partial charge in [-0.2, -0.15) is 0 Å². The Hall–Kier alpha value is -1.77. The van der Waals surface area contributed by atoms with Crippen LogP contribution in [-0.2, 0) is 4.74 Å². The zero-order chi connectivity index (χ0) is 9.97. The maximum absolute atomic E-state index is 11.4. The maximum atomic E-state index is 11.4. The van der Waals surface area contributed by atoms with Gasteiger partial charge in [-0.1, -0.05) is 24.3 Å². The number of hydrogen-bond donors (Lipinski definition) is 0. The predicted octanol–water partition coefficient (Wildman–Crippen LogP) is 2.61. The summed E-state index contributed by atoms with van der Waals surface area (Å²) < 4.78 is 10.0. The summed E-state index contributed by atoms with van der Waals surface area (Å²) in [6.45, 7) is 2.12. The molecule has 1 aromatic carbocycles. The summed E-state index contributed by atoms with van der Waals surface area (Å²) in [6, 6.07) is 7.49. The van der Waals surface area contributed by atoms with Crippen LogP contribution in [0.3, 0.4) is 0 Å². The highest BCUT2D eigenvalue weighted by Crippen LogP contribution is 2.21. The van der Waals surface area contributed by atoms with Gasteiger partial charge in [0.1, 0.15) is 0 Å². The van der Waals surface area contributed by atoms with E-state index in [-0.39, 0.29) is 5.76 Å². The van der Waals surface area contributed by atoms with Crippen LogP contribution >= 0.6 is 0 Å². The van der Waals surface area contributed by atoms with Gasteiger partial charge in [0.2, 0.25) is 5.76 Å². The molecule has 0 fully saturated rings. The SMILES string of the molecule is CCOC(=O)c1occ2ccccc12. The topological polar surface area (TPSA) is 39.4 Å². The highest BCUT2D eigenvalue weighted by Gasteiger charge is 2.14. The lowest BCUT2D eigenvalue weighted by molar-refractivity contribution is 0.0493. The average Bonchev–Trinajstić information content (AvgIpc) is 2.61. The van der Waals surface area contributed by atoms with Gasteiger partial charge in [-0.15, -0.1) is 0 Å². The van der Waals surface area contributed by atoms with E-state index in [4.69, 9.17) is 9.15 Å². The predicted molar refractivity (Wildman–Crippen MR) is 52.2 cm³/mol. The first kappa shape index (κ1) is 8.81. The number of ether oxygens (including phenoxy) is 1. The number of carbonyl (C=O) groups is 1. The third-order valence-electron chi connectivity index (χ3n) is 1.97. The van der Waals surface area contributed by atoms with Crippen molar-refractivity contribution in [3.05, 3.63) is 36.3 Å². The van der Waals surface area contributed by atoms with Crippen molar-refractivity contribution in [1.29, 1.82) is 0 Å². The van der Waals surface area contributed by atoms with E-state index in [1.807, 2.05) is 24.3 Å². The Morgan fingerprint density at radius 1 is 1.43 bits per heavy atom. The Kier molecular flexibility index (Phi) is 2.23. The number of carbonyl (C=O) groups excluding carboxylic acids is 1. The first-order chi connectivity index (χ1) is 6.83. The highest BCUT2D eigenvalue weighted by molar-refractivity contribution is 6.02. The number of furan rings is 1. The van der Waals surface area contributed by atoms with E-state index >= 15 is 0 Å². The fourth-order valence-corrected chi connectivity index (χ4v) is 1.35. The average molecular weight is 190 g/mol. The lowest BCUT2D eigenvalue weighted by atomic mass is 10.2. The Morgan fingerprint density at radius 3 is 3.00 bits per heavy atom. The normalized spacial score (nSPS) is 10.4. The van der Waals surface area contributed by atoms with Crippen LogP contribution in [-0.4, -0.2) is 12.6 Å². The molecule has 2 rings (SSSR count). The second kappa shape index (κ2) is 3.54. The Morgan fingerprint density at radius 2 is 2.21 bits per heavy atom. The van der Waals surface area contributed by atoms with Crippen molar-refractivity contribution in [1.82, 2.24) is 0 Å². The largest absolute Gasteiger partial charge is 0.460 e. The minimum Gasteiger partial charge on any atom is -0.460 e. The molecule has 0 aliphatic carbocycles. The number of fused-ring (bicyclic) bond motifs is 1. The quantitative estimate of drug-likeness (QED) is 0.683. The molecule has 14 heavy (non-hydrogen) atoms. The smallest absolute Gasteiger partial charge is 0.374 e. The lowest BCUT2D eigenvalue weighted by Gasteiger charge is -1.97. The Bertz CT molecular complexity index is 456. The Labute approximate surface area is 81.3 Å².